The molecule has 0 bridgehead atoms. The molecule has 0 radical (unpaired) electrons. The molecule has 1 fully saturated rings. The van der Waals surface area contributed by atoms with Crippen LogP contribution in [0.2, 0.25) is 0 Å². The molecule has 4 heteroatoms. The van der Waals surface area contributed by atoms with E-state index in [9.17, 15) is 4.79 Å². The van der Waals surface area contributed by atoms with E-state index in [0.717, 1.165) is 31.6 Å². The first-order valence-corrected chi connectivity index (χ1v) is 7.45. The van der Waals surface area contributed by atoms with Crippen molar-refractivity contribution in [3.63, 3.8) is 0 Å². The third-order valence-electron chi connectivity index (χ3n) is 4.51. The number of hydrogen-bond acceptors (Lipinski definition) is 3. The maximum Gasteiger partial charge on any atom is 0.245 e. The van der Waals surface area contributed by atoms with E-state index < -0.39 is 0 Å². The summed E-state index contributed by atoms with van der Waals surface area (Å²) >= 11 is 0. The first-order chi connectivity index (χ1) is 9.65. The quantitative estimate of drug-likeness (QED) is 0.888. The number of carbonyl (C=O) groups is 1. The molecule has 2 heterocycles. The molecule has 2 atom stereocenters. The monoisotopic (exact) mass is 273 g/mol. The summed E-state index contributed by atoms with van der Waals surface area (Å²) in [6.45, 7) is 1.76. The first-order valence-electron chi connectivity index (χ1n) is 7.45. The van der Waals surface area contributed by atoms with Crippen molar-refractivity contribution in [1.82, 2.24) is 9.80 Å². The second-order valence-corrected chi connectivity index (χ2v) is 6.10. The first kappa shape index (κ1) is 13.4. The molecule has 1 N–H and O–H groups in total. The number of piperidine rings is 1. The summed E-state index contributed by atoms with van der Waals surface area (Å²) < 4.78 is 0. The summed E-state index contributed by atoms with van der Waals surface area (Å²) in [6.07, 6.45) is 3.11. The van der Waals surface area contributed by atoms with Crippen molar-refractivity contribution in [2.45, 2.75) is 31.3 Å². The van der Waals surface area contributed by atoms with Crippen LogP contribution in [0.1, 0.15) is 18.4 Å². The lowest BCUT2D eigenvalue weighted by molar-refractivity contribution is -0.133. The second kappa shape index (κ2) is 5.44. The number of hydrogen-bond donors (Lipinski definition) is 1. The normalized spacial score (nSPS) is 25.4. The number of nitrogens with zero attached hydrogens (tertiary/aromatic N) is 2. The largest absolute Gasteiger partial charge is 0.373 e. The predicted molar refractivity (Wildman–Crippen MR) is 80.8 cm³/mol. The van der Waals surface area contributed by atoms with Crippen LogP contribution in [0.3, 0.4) is 0 Å². The average molecular weight is 273 g/mol. The Bertz CT molecular complexity index is 475. The number of carbonyl (C=O) groups excluding carboxylic acids is 1. The summed E-state index contributed by atoms with van der Waals surface area (Å²) in [5.41, 5.74) is 2.37. The van der Waals surface area contributed by atoms with E-state index in [2.05, 4.69) is 36.4 Å². The van der Waals surface area contributed by atoms with E-state index in [1.54, 1.807) is 0 Å². The van der Waals surface area contributed by atoms with Crippen molar-refractivity contribution in [3.8, 4) is 0 Å². The number of para-hydroxylation sites is 1. The minimum absolute atomic E-state index is 0.0756. The number of likely N-dealkylation sites (tertiary alicyclic amines) is 1. The van der Waals surface area contributed by atoms with Crippen molar-refractivity contribution < 1.29 is 4.79 Å². The van der Waals surface area contributed by atoms with Gasteiger partial charge in [0, 0.05) is 31.2 Å². The Hall–Kier alpha value is -1.55. The van der Waals surface area contributed by atoms with Crippen LogP contribution in [0.15, 0.2) is 24.3 Å². The van der Waals surface area contributed by atoms with Gasteiger partial charge in [0.05, 0.1) is 0 Å². The van der Waals surface area contributed by atoms with Crippen LogP contribution in [0.5, 0.6) is 0 Å². The van der Waals surface area contributed by atoms with Crippen LogP contribution in [-0.4, -0.2) is 55.0 Å². The third kappa shape index (κ3) is 2.52. The molecule has 1 aromatic rings. The molecule has 1 saturated heterocycles. The molecule has 2 unspecified atom stereocenters. The zero-order valence-electron chi connectivity index (χ0n) is 12.3. The van der Waals surface area contributed by atoms with E-state index in [-0.39, 0.29) is 11.9 Å². The van der Waals surface area contributed by atoms with Gasteiger partial charge in [-0.3, -0.25) is 4.79 Å². The molecular formula is C16H23N3O. The van der Waals surface area contributed by atoms with Gasteiger partial charge < -0.3 is 15.1 Å². The van der Waals surface area contributed by atoms with Crippen molar-refractivity contribution in [1.29, 1.82) is 0 Å². The molecule has 0 aromatic heterocycles. The van der Waals surface area contributed by atoms with Crippen molar-refractivity contribution >= 4 is 11.6 Å². The van der Waals surface area contributed by atoms with Gasteiger partial charge in [0.15, 0.2) is 0 Å². The standard InChI is InChI=1S/C16H23N3O/c1-18(2)13-7-5-9-19(11-13)16(20)15-10-12-6-3-4-8-14(12)17-15/h3-4,6,8,13,15,17H,5,7,9-11H2,1-2H3. The van der Waals surface area contributed by atoms with Gasteiger partial charge in [0.25, 0.3) is 0 Å². The van der Waals surface area contributed by atoms with Gasteiger partial charge in [0.1, 0.15) is 6.04 Å². The summed E-state index contributed by atoms with van der Waals surface area (Å²) in [5, 5.41) is 3.37. The summed E-state index contributed by atoms with van der Waals surface area (Å²) in [4.78, 5) is 17.0. The maximum absolute atomic E-state index is 12.7. The Morgan fingerprint density at radius 2 is 2.15 bits per heavy atom. The number of rotatable bonds is 2. The fourth-order valence-corrected chi connectivity index (χ4v) is 3.24. The predicted octanol–water partition coefficient (Wildman–Crippen LogP) is 1.58. The number of anilines is 1. The molecule has 4 nitrogen and oxygen atoms in total. The number of nitrogens with one attached hydrogen (secondary N) is 1. The van der Waals surface area contributed by atoms with E-state index in [4.69, 9.17) is 0 Å². The molecule has 2 aliphatic heterocycles. The Labute approximate surface area is 120 Å². The van der Waals surface area contributed by atoms with Gasteiger partial charge in [-0.1, -0.05) is 18.2 Å². The molecule has 3 rings (SSSR count). The Morgan fingerprint density at radius 1 is 1.35 bits per heavy atom. The van der Waals surface area contributed by atoms with Crippen molar-refractivity contribution in [2.24, 2.45) is 0 Å². The van der Waals surface area contributed by atoms with Crippen LogP contribution in [0.25, 0.3) is 0 Å². The molecule has 108 valence electrons. The number of fused-ring (bicyclic) bond motifs is 1. The molecular weight excluding hydrogens is 250 g/mol. The summed E-state index contributed by atoms with van der Waals surface area (Å²) in [6, 6.07) is 8.64. The lowest BCUT2D eigenvalue weighted by Gasteiger charge is -2.37. The van der Waals surface area contributed by atoms with Crippen LogP contribution >= 0.6 is 0 Å². The minimum atomic E-state index is -0.0756. The lowest BCUT2D eigenvalue weighted by atomic mass is 10.0. The summed E-state index contributed by atoms with van der Waals surface area (Å²) in [5.74, 6) is 0.257. The number of likely N-dealkylation sites (N-methyl/N-ethyl adjacent to an activating group) is 1. The van der Waals surface area contributed by atoms with Gasteiger partial charge in [0.2, 0.25) is 5.91 Å². The zero-order valence-corrected chi connectivity index (χ0v) is 12.3. The topological polar surface area (TPSA) is 35.6 Å². The Kier molecular flexibility index (Phi) is 3.66. The third-order valence-corrected chi connectivity index (χ3v) is 4.51. The fraction of sp³-hybridized carbons (Fsp3) is 0.562. The van der Waals surface area contributed by atoms with E-state index in [0.29, 0.717) is 6.04 Å². The highest BCUT2D eigenvalue weighted by atomic mass is 16.2. The highest BCUT2D eigenvalue weighted by Crippen LogP contribution is 2.27. The molecule has 0 aliphatic carbocycles. The fourth-order valence-electron chi connectivity index (χ4n) is 3.24. The van der Waals surface area contributed by atoms with Gasteiger partial charge in [-0.05, 0) is 38.6 Å². The highest BCUT2D eigenvalue weighted by molar-refractivity contribution is 5.87. The number of amides is 1. The molecule has 0 saturated carbocycles. The Morgan fingerprint density at radius 3 is 2.90 bits per heavy atom. The van der Waals surface area contributed by atoms with E-state index >= 15 is 0 Å². The highest BCUT2D eigenvalue weighted by Gasteiger charge is 2.32. The Balaban J connectivity index is 1.66. The van der Waals surface area contributed by atoms with Gasteiger partial charge in [-0.25, -0.2) is 0 Å². The summed E-state index contributed by atoms with van der Waals surface area (Å²) in [7, 11) is 4.20. The van der Waals surface area contributed by atoms with Crippen LogP contribution in [0, 0.1) is 0 Å². The molecule has 0 spiro atoms. The number of benzene rings is 1. The minimum Gasteiger partial charge on any atom is -0.373 e. The van der Waals surface area contributed by atoms with Gasteiger partial charge in [-0.15, -0.1) is 0 Å². The van der Waals surface area contributed by atoms with Crippen LogP contribution in [-0.2, 0) is 11.2 Å². The lowest BCUT2D eigenvalue weighted by Crippen LogP contribution is -2.51. The molecule has 2 aliphatic rings. The smallest absolute Gasteiger partial charge is 0.245 e. The molecule has 1 aromatic carbocycles. The average Bonchev–Trinajstić information content (AvgIpc) is 2.90. The van der Waals surface area contributed by atoms with E-state index in [1.807, 2.05) is 17.0 Å². The maximum atomic E-state index is 12.7. The van der Waals surface area contributed by atoms with Gasteiger partial charge >= 0.3 is 0 Å². The van der Waals surface area contributed by atoms with Crippen molar-refractivity contribution in [2.75, 3.05) is 32.5 Å². The van der Waals surface area contributed by atoms with Crippen molar-refractivity contribution in [3.05, 3.63) is 29.8 Å². The second-order valence-electron chi connectivity index (χ2n) is 6.10. The zero-order chi connectivity index (χ0) is 14.1. The van der Waals surface area contributed by atoms with Crippen LogP contribution in [0.4, 0.5) is 5.69 Å². The van der Waals surface area contributed by atoms with Gasteiger partial charge in [-0.2, -0.15) is 0 Å². The van der Waals surface area contributed by atoms with E-state index in [1.165, 1.54) is 12.0 Å². The SMILES string of the molecule is CN(C)C1CCCN(C(=O)C2Cc3ccccc3N2)C1. The molecule has 1 amide bonds. The van der Waals surface area contributed by atoms with Crippen LogP contribution < -0.4 is 5.32 Å². The molecule has 20 heavy (non-hydrogen) atoms.